The number of H-pyrrole nitrogens is 1. The summed E-state index contributed by atoms with van der Waals surface area (Å²) in [5.74, 6) is -0.113. The number of thiazole rings is 1. The summed E-state index contributed by atoms with van der Waals surface area (Å²) in [6.07, 6.45) is 4.08. The molecule has 2 N–H and O–H groups in total. The summed E-state index contributed by atoms with van der Waals surface area (Å²) in [5.41, 5.74) is 2.55. The summed E-state index contributed by atoms with van der Waals surface area (Å²) in [6.45, 7) is 2.38. The molecule has 0 aliphatic rings. The average molecular weight is 347 g/mol. The molecular formula is C16H15ClN4OS. The molecule has 1 amide bonds. The second-order valence-electron chi connectivity index (χ2n) is 5.00. The van der Waals surface area contributed by atoms with Crippen molar-refractivity contribution >= 4 is 28.8 Å². The van der Waals surface area contributed by atoms with E-state index >= 15 is 0 Å². The number of aryl methyl sites for hydroxylation is 1. The van der Waals surface area contributed by atoms with Gasteiger partial charge in [0, 0.05) is 30.4 Å². The Bertz CT molecular complexity index is 813. The minimum absolute atomic E-state index is 0.113. The summed E-state index contributed by atoms with van der Waals surface area (Å²) in [7, 11) is 0. The van der Waals surface area contributed by atoms with Gasteiger partial charge in [-0.1, -0.05) is 29.8 Å². The molecule has 3 aromatic rings. The third-order valence-electron chi connectivity index (χ3n) is 3.34. The molecule has 0 atom stereocenters. The first-order valence-electron chi connectivity index (χ1n) is 7.13. The number of hydrogen-bond acceptors (Lipinski definition) is 4. The van der Waals surface area contributed by atoms with Crippen LogP contribution < -0.4 is 5.32 Å². The molecule has 7 heteroatoms. The van der Waals surface area contributed by atoms with Gasteiger partial charge in [-0.2, -0.15) is 0 Å². The summed E-state index contributed by atoms with van der Waals surface area (Å²) in [4.78, 5) is 24.4. The topological polar surface area (TPSA) is 70.7 Å². The fraction of sp³-hybridized carbons (Fsp3) is 0.188. The Morgan fingerprint density at radius 1 is 1.39 bits per heavy atom. The Balaban J connectivity index is 1.70. The Hall–Kier alpha value is -2.18. The van der Waals surface area contributed by atoms with Crippen molar-refractivity contribution in [3.63, 3.8) is 0 Å². The van der Waals surface area contributed by atoms with Gasteiger partial charge in [-0.05, 0) is 13.0 Å². The van der Waals surface area contributed by atoms with E-state index in [9.17, 15) is 4.79 Å². The lowest BCUT2D eigenvalue weighted by atomic mass is 10.2. The standard InChI is InChI=1S/C16H15ClN4OS/c1-10-14(15(22)19-7-6-11-8-18-9-20-11)23-16(21-10)12-4-2-3-5-13(12)17/h2-5,8-9H,6-7H2,1H3,(H,18,20)(H,19,22). The van der Waals surface area contributed by atoms with Gasteiger partial charge in [0.1, 0.15) is 9.88 Å². The van der Waals surface area contributed by atoms with Gasteiger partial charge in [-0.25, -0.2) is 9.97 Å². The zero-order chi connectivity index (χ0) is 16.2. The van der Waals surface area contributed by atoms with Gasteiger partial charge in [-0.15, -0.1) is 11.3 Å². The van der Waals surface area contributed by atoms with E-state index in [2.05, 4.69) is 20.3 Å². The Kier molecular flexibility index (Phi) is 4.73. The van der Waals surface area contributed by atoms with E-state index in [1.165, 1.54) is 11.3 Å². The normalized spacial score (nSPS) is 10.7. The first-order chi connectivity index (χ1) is 11.1. The predicted molar refractivity (Wildman–Crippen MR) is 91.9 cm³/mol. The van der Waals surface area contributed by atoms with Crippen molar-refractivity contribution < 1.29 is 4.79 Å². The van der Waals surface area contributed by atoms with Crippen LogP contribution in [0.2, 0.25) is 5.02 Å². The van der Waals surface area contributed by atoms with Crippen LogP contribution >= 0.6 is 22.9 Å². The molecule has 0 spiro atoms. The number of imidazole rings is 1. The van der Waals surface area contributed by atoms with E-state index in [-0.39, 0.29) is 5.91 Å². The van der Waals surface area contributed by atoms with Gasteiger partial charge in [0.05, 0.1) is 17.0 Å². The monoisotopic (exact) mass is 346 g/mol. The Morgan fingerprint density at radius 3 is 2.96 bits per heavy atom. The molecule has 3 rings (SSSR count). The van der Waals surface area contributed by atoms with E-state index in [4.69, 9.17) is 11.6 Å². The van der Waals surface area contributed by atoms with E-state index in [1.807, 2.05) is 31.2 Å². The fourth-order valence-electron chi connectivity index (χ4n) is 2.17. The van der Waals surface area contributed by atoms with Crippen molar-refractivity contribution in [2.75, 3.05) is 6.54 Å². The maximum absolute atomic E-state index is 12.3. The van der Waals surface area contributed by atoms with Crippen LogP contribution in [-0.4, -0.2) is 27.4 Å². The highest BCUT2D eigenvalue weighted by molar-refractivity contribution is 7.17. The third kappa shape index (κ3) is 3.60. The molecule has 0 saturated carbocycles. The number of hydrogen-bond donors (Lipinski definition) is 2. The van der Waals surface area contributed by atoms with Crippen molar-refractivity contribution in [1.29, 1.82) is 0 Å². The van der Waals surface area contributed by atoms with E-state index in [1.54, 1.807) is 12.5 Å². The number of carbonyl (C=O) groups excluding carboxylic acids is 1. The number of halogens is 1. The zero-order valence-corrected chi connectivity index (χ0v) is 14.0. The second-order valence-corrected chi connectivity index (χ2v) is 6.40. The molecule has 0 bridgehead atoms. The highest BCUT2D eigenvalue weighted by Gasteiger charge is 2.17. The van der Waals surface area contributed by atoms with Crippen LogP contribution in [0.4, 0.5) is 0 Å². The minimum Gasteiger partial charge on any atom is -0.351 e. The molecule has 0 radical (unpaired) electrons. The van der Waals surface area contributed by atoms with E-state index in [0.29, 0.717) is 28.6 Å². The second kappa shape index (κ2) is 6.93. The first-order valence-corrected chi connectivity index (χ1v) is 8.32. The van der Waals surface area contributed by atoms with E-state index < -0.39 is 0 Å². The number of aromatic nitrogens is 3. The summed E-state index contributed by atoms with van der Waals surface area (Å²) < 4.78 is 0. The van der Waals surface area contributed by atoms with Gasteiger partial charge >= 0.3 is 0 Å². The van der Waals surface area contributed by atoms with Gasteiger partial charge in [0.15, 0.2) is 0 Å². The number of nitrogens with zero attached hydrogens (tertiary/aromatic N) is 2. The largest absolute Gasteiger partial charge is 0.351 e. The lowest BCUT2D eigenvalue weighted by Gasteiger charge is -2.02. The Labute approximate surface area is 142 Å². The number of aromatic amines is 1. The molecule has 118 valence electrons. The summed E-state index contributed by atoms with van der Waals surface area (Å²) in [5, 5.41) is 4.30. The zero-order valence-electron chi connectivity index (χ0n) is 12.5. The summed E-state index contributed by atoms with van der Waals surface area (Å²) >= 11 is 7.55. The smallest absolute Gasteiger partial charge is 0.263 e. The van der Waals surface area contributed by atoms with Crippen LogP contribution in [0.15, 0.2) is 36.8 Å². The SMILES string of the molecule is Cc1nc(-c2ccccc2Cl)sc1C(=O)NCCc1cnc[nH]1. The van der Waals surface area contributed by atoms with Crippen molar-refractivity contribution in [3.05, 3.63) is 58.1 Å². The third-order valence-corrected chi connectivity index (χ3v) is 4.86. The molecule has 0 unspecified atom stereocenters. The maximum Gasteiger partial charge on any atom is 0.263 e. The first kappa shape index (κ1) is 15.7. The van der Waals surface area contributed by atoms with Crippen molar-refractivity contribution in [2.24, 2.45) is 0 Å². The molecule has 2 heterocycles. The van der Waals surface area contributed by atoms with Crippen LogP contribution in [0.3, 0.4) is 0 Å². The maximum atomic E-state index is 12.3. The lowest BCUT2D eigenvalue weighted by Crippen LogP contribution is -2.25. The number of amides is 1. The molecule has 5 nitrogen and oxygen atoms in total. The van der Waals surface area contributed by atoms with Crippen LogP contribution in [0.5, 0.6) is 0 Å². The van der Waals surface area contributed by atoms with Crippen LogP contribution in [0, 0.1) is 6.92 Å². The number of nitrogens with one attached hydrogen (secondary N) is 2. The van der Waals surface area contributed by atoms with Crippen molar-refractivity contribution in [1.82, 2.24) is 20.3 Å². The van der Waals surface area contributed by atoms with E-state index in [0.717, 1.165) is 16.3 Å². The van der Waals surface area contributed by atoms with Crippen LogP contribution in [0.1, 0.15) is 21.1 Å². The number of rotatable bonds is 5. The predicted octanol–water partition coefficient (Wildman–Crippen LogP) is 3.47. The van der Waals surface area contributed by atoms with Gasteiger partial charge in [0.25, 0.3) is 5.91 Å². The number of carbonyl (C=O) groups is 1. The molecule has 23 heavy (non-hydrogen) atoms. The Morgan fingerprint density at radius 2 is 2.22 bits per heavy atom. The average Bonchev–Trinajstić information content (AvgIpc) is 3.17. The van der Waals surface area contributed by atoms with Gasteiger partial charge in [-0.3, -0.25) is 4.79 Å². The molecule has 0 aliphatic heterocycles. The number of benzene rings is 1. The minimum atomic E-state index is -0.113. The van der Waals surface area contributed by atoms with Crippen molar-refractivity contribution in [3.8, 4) is 10.6 Å². The highest BCUT2D eigenvalue weighted by atomic mass is 35.5. The van der Waals surface area contributed by atoms with Gasteiger partial charge < -0.3 is 10.3 Å². The molecule has 1 aromatic carbocycles. The lowest BCUT2D eigenvalue weighted by molar-refractivity contribution is 0.0957. The van der Waals surface area contributed by atoms with Crippen LogP contribution in [-0.2, 0) is 6.42 Å². The highest BCUT2D eigenvalue weighted by Crippen LogP contribution is 2.32. The molecule has 0 fully saturated rings. The van der Waals surface area contributed by atoms with Crippen molar-refractivity contribution in [2.45, 2.75) is 13.3 Å². The summed E-state index contributed by atoms with van der Waals surface area (Å²) in [6, 6.07) is 7.50. The quantitative estimate of drug-likeness (QED) is 0.743. The molecule has 0 aliphatic carbocycles. The van der Waals surface area contributed by atoms with Gasteiger partial charge in [0.2, 0.25) is 0 Å². The molecule has 0 saturated heterocycles. The molecular weight excluding hydrogens is 332 g/mol. The molecule has 2 aromatic heterocycles. The van der Waals surface area contributed by atoms with Crippen LogP contribution in [0.25, 0.3) is 10.6 Å². The fourth-order valence-corrected chi connectivity index (χ4v) is 3.47.